The van der Waals surface area contributed by atoms with Gasteiger partial charge in [0.15, 0.2) is 0 Å². The van der Waals surface area contributed by atoms with E-state index >= 15 is 0 Å². The van der Waals surface area contributed by atoms with Crippen molar-refractivity contribution in [2.45, 2.75) is 41.0 Å². The first-order valence-electron chi connectivity index (χ1n) is 4.76. The minimum atomic E-state index is -0.158. The van der Waals surface area contributed by atoms with E-state index in [4.69, 9.17) is 4.74 Å². The number of ether oxygens (including phenoxy) is 1. The second kappa shape index (κ2) is 4.75. The van der Waals surface area contributed by atoms with Gasteiger partial charge in [0.2, 0.25) is 0 Å². The average Bonchev–Trinajstić information content (AvgIpc) is 2.47. The first-order chi connectivity index (χ1) is 5.67. The molecular formula is C11H22O2. The summed E-state index contributed by atoms with van der Waals surface area (Å²) in [7, 11) is 0. The van der Waals surface area contributed by atoms with Crippen LogP contribution >= 0.6 is 0 Å². The molecule has 1 aliphatic rings. The van der Waals surface area contributed by atoms with Gasteiger partial charge in [0.05, 0.1) is 18.6 Å². The normalized spacial score (nSPS) is 32.7. The Balaban J connectivity index is 0.00000144. The number of carbonyl (C=O) groups is 1. The summed E-state index contributed by atoms with van der Waals surface area (Å²) in [4.78, 5) is 11.5. The van der Waals surface area contributed by atoms with Crippen molar-refractivity contribution in [2.24, 2.45) is 11.3 Å². The van der Waals surface area contributed by atoms with Crippen molar-refractivity contribution in [3.8, 4) is 0 Å². The van der Waals surface area contributed by atoms with Crippen molar-refractivity contribution in [2.75, 3.05) is 13.2 Å². The molecule has 0 aromatic rings. The predicted molar refractivity (Wildman–Crippen MR) is 54.7 cm³/mol. The van der Waals surface area contributed by atoms with Crippen LogP contribution in [0.2, 0.25) is 0 Å². The molecule has 2 unspecified atom stereocenters. The monoisotopic (exact) mass is 186 g/mol. The van der Waals surface area contributed by atoms with Gasteiger partial charge in [-0.05, 0) is 19.3 Å². The zero-order valence-electron chi connectivity index (χ0n) is 8.22. The van der Waals surface area contributed by atoms with Gasteiger partial charge in [-0.2, -0.15) is 0 Å². The summed E-state index contributed by atoms with van der Waals surface area (Å²) >= 11 is 0. The minimum Gasteiger partial charge on any atom is -0.380 e. The van der Waals surface area contributed by atoms with E-state index in [1.165, 1.54) is 0 Å². The molecule has 0 bridgehead atoms. The van der Waals surface area contributed by atoms with Crippen LogP contribution in [0, 0.1) is 11.3 Å². The van der Waals surface area contributed by atoms with E-state index in [0.717, 1.165) is 19.4 Å². The van der Waals surface area contributed by atoms with Crippen molar-refractivity contribution in [3.05, 3.63) is 0 Å². The van der Waals surface area contributed by atoms with Gasteiger partial charge in [0.1, 0.15) is 5.78 Å². The summed E-state index contributed by atoms with van der Waals surface area (Å²) < 4.78 is 5.40. The molecule has 0 spiro atoms. The SMILES string of the molecule is C.CCC1COCC1(CC)C(C)=O. The number of carbonyl (C=O) groups excluding carboxylic acids is 1. The highest BCUT2D eigenvalue weighted by Gasteiger charge is 2.45. The van der Waals surface area contributed by atoms with Crippen LogP contribution in [-0.2, 0) is 9.53 Å². The molecule has 1 saturated heterocycles. The van der Waals surface area contributed by atoms with Crippen LogP contribution in [0.4, 0.5) is 0 Å². The average molecular weight is 186 g/mol. The lowest BCUT2D eigenvalue weighted by Gasteiger charge is -2.28. The van der Waals surface area contributed by atoms with Crippen LogP contribution in [0.1, 0.15) is 41.0 Å². The fourth-order valence-corrected chi connectivity index (χ4v) is 2.20. The van der Waals surface area contributed by atoms with Gasteiger partial charge in [-0.1, -0.05) is 27.7 Å². The summed E-state index contributed by atoms with van der Waals surface area (Å²) in [5.41, 5.74) is -0.158. The maximum atomic E-state index is 11.5. The van der Waals surface area contributed by atoms with E-state index in [-0.39, 0.29) is 12.8 Å². The Morgan fingerprint density at radius 3 is 2.46 bits per heavy atom. The largest absolute Gasteiger partial charge is 0.380 e. The second-order valence-electron chi connectivity index (χ2n) is 3.69. The third-order valence-electron chi connectivity index (χ3n) is 3.28. The first kappa shape index (κ1) is 12.6. The van der Waals surface area contributed by atoms with Gasteiger partial charge in [0.25, 0.3) is 0 Å². The number of ketones is 1. The molecule has 0 radical (unpaired) electrons. The highest BCUT2D eigenvalue weighted by Crippen LogP contribution is 2.40. The van der Waals surface area contributed by atoms with Crippen LogP contribution in [0.15, 0.2) is 0 Å². The van der Waals surface area contributed by atoms with Crippen LogP contribution in [0.25, 0.3) is 0 Å². The van der Waals surface area contributed by atoms with E-state index in [1.54, 1.807) is 6.92 Å². The molecule has 78 valence electrons. The predicted octanol–water partition coefficient (Wildman–Crippen LogP) is 2.66. The molecule has 0 aromatic carbocycles. The van der Waals surface area contributed by atoms with Crippen molar-refractivity contribution in [1.29, 1.82) is 0 Å². The topological polar surface area (TPSA) is 26.3 Å². The third kappa shape index (κ3) is 1.93. The fourth-order valence-electron chi connectivity index (χ4n) is 2.20. The molecule has 1 fully saturated rings. The molecular weight excluding hydrogens is 164 g/mol. The maximum absolute atomic E-state index is 11.5. The Morgan fingerprint density at radius 2 is 2.15 bits per heavy atom. The molecule has 13 heavy (non-hydrogen) atoms. The molecule has 0 aliphatic carbocycles. The molecule has 0 N–H and O–H groups in total. The smallest absolute Gasteiger partial charge is 0.138 e. The van der Waals surface area contributed by atoms with Crippen LogP contribution in [0.3, 0.4) is 0 Å². The summed E-state index contributed by atoms with van der Waals surface area (Å²) in [6.45, 7) is 7.31. The van der Waals surface area contributed by atoms with Gasteiger partial charge in [-0.25, -0.2) is 0 Å². The summed E-state index contributed by atoms with van der Waals surface area (Å²) in [5.74, 6) is 0.745. The van der Waals surface area contributed by atoms with Crippen molar-refractivity contribution in [1.82, 2.24) is 0 Å². The van der Waals surface area contributed by atoms with Gasteiger partial charge < -0.3 is 4.74 Å². The lowest BCUT2D eigenvalue weighted by atomic mass is 9.72. The van der Waals surface area contributed by atoms with Crippen molar-refractivity contribution >= 4 is 5.78 Å². The summed E-state index contributed by atoms with van der Waals surface area (Å²) in [6, 6.07) is 0. The fraction of sp³-hybridized carbons (Fsp3) is 0.909. The molecule has 1 heterocycles. The molecule has 2 atom stereocenters. The van der Waals surface area contributed by atoms with Gasteiger partial charge in [0, 0.05) is 0 Å². The van der Waals surface area contributed by atoms with Gasteiger partial charge >= 0.3 is 0 Å². The Kier molecular flexibility index (Phi) is 4.62. The lowest BCUT2D eigenvalue weighted by Crippen LogP contribution is -2.35. The second-order valence-corrected chi connectivity index (χ2v) is 3.69. The molecule has 0 aromatic heterocycles. The quantitative estimate of drug-likeness (QED) is 0.677. The maximum Gasteiger partial charge on any atom is 0.138 e. The number of hydrogen-bond acceptors (Lipinski definition) is 2. The highest BCUT2D eigenvalue weighted by atomic mass is 16.5. The Labute approximate surface area is 81.7 Å². The Morgan fingerprint density at radius 1 is 1.54 bits per heavy atom. The van der Waals surface area contributed by atoms with E-state index in [1.807, 2.05) is 0 Å². The Bertz CT molecular complexity index is 177. The van der Waals surface area contributed by atoms with Crippen LogP contribution < -0.4 is 0 Å². The van der Waals surface area contributed by atoms with Crippen molar-refractivity contribution in [3.63, 3.8) is 0 Å². The zero-order valence-corrected chi connectivity index (χ0v) is 8.22. The van der Waals surface area contributed by atoms with Gasteiger partial charge in [-0.3, -0.25) is 4.79 Å². The molecule has 1 rings (SSSR count). The molecule has 0 saturated carbocycles. The molecule has 0 amide bonds. The number of rotatable bonds is 3. The minimum absolute atomic E-state index is 0. The van der Waals surface area contributed by atoms with E-state index in [2.05, 4.69) is 13.8 Å². The highest BCUT2D eigenvalue weighted by molar-refractivity contribution is 5.83. The third-order valence-corrected chi connectivity index (χ3v) is 3.28. The number of Topliss-reactive ketones (excluding diaryl/α,β-unsaturated/α-hetero) is 1. The van der Waals surface area contributed by atoms with Crippen LogP contribution in [0.5, 0.6) is 0 Å². The van der Waals surface area contributed by atoms with Gasteiger partial charge in [-0.15, -0.1) is 0 Å². The van der Waals surface area contributed by atoms with E-state index in [9.17, 15) is 4.79 Å². The molecule has 1 aliphatic heterocycles. The van der Waals surface area contributed by atoms with E-state index in [0.29, 0.717) is 18.3 Å². The molecule has 2 heteroatoms. The summed E-state index contributed by atoms with van der Waals surface area (Å²) in [5, 5.41) is 0. The Hall–Kier alpha value is -0.370. The van der Waals surface area contributed by atoms with Crippen LogP contribution in [-0.4, -0.2) is 19.0 Å². The summed E-state index contributed by atoms with van der Waals surface area (Å²) in [6.07, 6.45) is 1.97. The molecule has 2 nitrogen and oxygen atoms in total. The zero-order chi connectivity index (χ0) is 9.19. The van der Waals surface area contributed by atoms with Crippen molar-refractivity contribution < 1.29 is 9.53 Å². The van der Waals surface area contributed by atoms with E-state index < -0.39 is 0 Å². The lowest BCUT2D eigenvalue weighted by molar-refractivity contribution is -0.128. The first-order valence-corrected chi connectivity index (χ1v) is 4.76. The number of hydrogen-bond donors (Lipinski definition) is 0. The standard InChI is InChI=1S/C10H18O2.CH4/c1-4-9-6-12-7-10(9,5-2)8(3)11;/h9H,4-7H2,1-3H3;1H4.